The van der Waals surface area contributed by atoms with E-state index in [4.69, 9.17) is 9.84 Å². The number of carbonyl (C=O) groups is 1. The largest absolute Gasteiger partial charge is 0.481 e. The van der Waals surface area contributed by atoms with Crippen LogP contribution in [-0.2, 0) is 9.53 Å². The van der Waals surface area contributed by atoms with E-state index < -0.39 is 5.97 Å². The SMILES string of the molecule is CC/C=C/CC(CC1CO1)C(=O)O. The van der Waals surface area contributed by atoms with E-state index in [1.165, 1.54) is 0 Å². The van der Waals surface area contributed by atoms with Crippen molar-refractivity contribution in [2.75, 3.05) is 6.61 Å². The van der Waals surface area contributed by atoms with Crippen LogP contribution >= 0.6 is 0 Å². The van der Waals surface area contributed by atoms with Gasteiger partial charge in [-0.1, -0.05) is 19.1 Å². The van der Waals surface area contributed by atoms with E-state index in [0.717, 1.165) is 13.0 Å². The number of hydrogen-bond acceptors (Lipinski definition) is 2. The summed E-state index contributed by atoms with van der Waals surface area (Å²) >= 11 is 0. The number of aliphatic carboxylic acids is 1. The molecule has 1 aliphatic rings. The molecule has 1 N–H and O–H groups in total. The topological polar surface area (TPSA) is 49.8 Å². The maximum atomic E-state index is 10.8. The minimum Gasteiger partial charge on any atom is -0.481 e. The lowest BCUT2D eigenvalue weighted by Crippen LogP contribution is -2.15. The van der Waals surface area contributed by atoms with Gasteiger partial charge in [0, 0.05) is 0 Å². The number of carboxylic acid groups (broad SMARTS) is 1. The second kappa shape index (κ2) is 5.02. The fraction of sp³-hybridized carbons (Fsp3) is 0.700. The molecule has 0 amide bonds. The van der Waals surface area contributed by atoms with E-state index >= 15 is 0 Å². The van der Waals surface area contributed by atoms with Crippen LogP contribution in [0, 0.1) is 5.92 Å². The van der Waals surface area contributed by atoms with Crippen molar-refractivity contribution in [2.45, 2.75) is 32.3 Å². The molecule has 2 atom stereocenters. The van der Waals surface area contributed by atoms with E-state index in [9.17, 15) is 4.79 Å². The van der Waals surface area contributed by atoms with E-state index in [1.807, 2.05) is 19.1 Å². The van der Waals surface area contributed by atoms with Gasteiger partial charge in [0.1, 0.15) is 0 Å². The van der Waals surface area contributed by atoms with E-state index in [2.05, 4.69) is 0 Å². The molecule has 1 fully saturated rings. The van der Waals surface area contributed by atoms with Crippen LogP contribution in [0.5, 0.6) is 0 Å². The monoisotopic (exact) mass is 184 g/mol. The van der Waals surface area contributed by atoms with Gasteiger partial charge in [-0.2, -0.15) is 0 Å². The summed E-state index contributed by atoms with van der Waals surface area (Å²) in [4.78, 5) is 10.8. The lowest BCUT2D eigenvalue weighted by molar-refractivity contribution is -0.142. The molecule has 0 radical (unpaired) electrons. The van der Waals surface area contributed by atoms with Gasteiger partial charge in [0.15, 0.2) is 0 Å². The molecule has 2 unspecified atom stereocenters. The van der Waals surface area contributed by atoms with Crippen molar-refractivity contribution in [1.29, 1.82) is 0 Å². The molecule has 0 saturated carbocycles. The van der Waals surface area contributed by atoms with E-state index in [-0.39, 0.29) is 12.0 Å². The molecular weight excluding hydrogens is 168 g/mol. The van der Waals surface area contributed by atoms with Crippen molar-refractivity contribution >= 4 is 5.97 Å². The van der Waals surface area contributed by atoms with Crippen molar-refractivity contribution in [3.05, 3.63) is 12.2 Å². The lowest BCUT2D eigenvalue weighted by atomic mass is 9.99. The quantitative estimate of drug-likeness (QED) is 0.506. The van der Waals surface area contributed by atoms with Crippen molar-refractivity contribution < 1.29 is 14.6 Å². The van der Waals surface area contributed by atoms with Crippen molar-refractivity contribution in [2.24, 2.45) is 5.92 Å². The summed E-state index contributed by atoms with van der Waals surface area (Å²) in [6.07, 6.45) is 6.40. The van der Waals surface area contributed by atoms with Crippen molar-refractivity contribution in [3.8, 4) is 0 Å². The summed E-state index contributed by atoms with van der Waals surface area (Å²) in [5.41, 5.74) is 0. The second-order valence-electron chi connectivity index (χ2n) is 3.34. The zero-order chi connectivity index (χ0) is 9.68. The fourth-order valence-corrected chi connectivity index (χ4v) is 1.25. The second-order valence-corrected chi connectivity index (χ2v) is 3.34. The van der Waals surface area contributed by atoms with Crippen molar-refractivity contribution in [3.63, 3.8) is 0 Å². The minimum atomic E-state index is -0.712. The highest BCUT2D eigenvalue weighted by Crippen LogP contribution is 2.22. The number of allylic oxidation sites excluding steroid dienone is 2. The average Bonchev–Trinajstić information content (AvgIpc) is 2.86. The Morgan fingerprint density at radius 1 is 1.69 bits per heavy atom. The summed E-state index contributed by atoms with van der Waals surface area (Å²) < 4.78 is 5.01. The third-order valence-electron chi connectivity index (χ3n) is 2.12. The smallest absolute Gasteiger partial charge is 0.306 e. The predicted molar refractivity (Wildman–Crippen MR) is 49.5 cm³/mol. The van der Waals surface area contributed by atoms with Crippen LogP contribution in [0.15, 0.2) is 12.2 Å². The number of hydrogen-bond donors (Lipinski definition) is 1. The van der Waals surface area contributed by atoms with Crippen LogP contribution < -0.4 is 0 Å². The highest BCUT2D eigenvalue weighted by molar-refractivity contribution is 5.70. The molecular formula is C10H16O3. The van der Waals surface area contributed by atoms with Crippen LogP contribution in [0.1, 0.15) is 26.2 Å². The van der Waals surface area contributed by atoms with Gasteiger partial charge in [-0.15, -0.1) is 0 Å². The van der Waals surface area contributed by atoms with E-state index in [0.29, 0.717) is 12.8 Å². The molecule has 0 aromatic rings. The summed E-state index contributed by atoms with van der Waals surface area (Å²) in [6.45, 7) is 2.78. The van der Waals surface area contributed by atoms with Crippen LogP contribution in [-0.4, -0.2) is 23.8 Å². The number of ether oxygens (including phenoxy) is 1. The Hall–Kier alpha value is -0.830. The van der Waals surface area contributed by atoms with Crippen LogP contribution in [0.3, 0.4) is 0 Å². The zero-order valence-corrected chi connectivity index (χ0v) is 7.90. The van der Waals surface area contributed by atoms with Crippen LogP contribution in [0.25, 0.3) is 0 Å². The number of epoxide rings is 1. The Morgan fingerprint density at radius 2 is 2.38 bits per heavy atom. The number of carboxylic acids is 1. The molecule has 1 aliphatic heterocycles. The Kier molecular flexibility index (Phi) is 3.96. The van der Waals surface area contributed by atoms with Gasteiger partial charge in [0.25, 0.3) is 0 Å². The molecule has 0 aromatic carbocycles. The first-order valence-corrected chi connectivity index (χ1v) is 4.73. The predicted octanol–water partition coefficient (Wildman–Crippen LogP) is 1.83. The Balaban J connectivity index is 2.27. The first kappa shape index (κ1) is 10.3. The molecule has 74 valence electrons. The molecule has 0 aliphatic carbocycles. The average molecular weight is 184 g/mol. The highest BCUT2D eigenvalue weighted by Gasteiger charge is 2.29. The molecule has 1 saturated heterocycles. The van der Waals surface area contributed by atoms with Crippen molar-refractivity contribution in [1.82, 2.24) is 0 Å². The summed E-state index contributed by atoms with van der Waals surface area (Å²) in [6, 6.07) is 0. The Labute approximate surface area is 78.4 Å². The van der Waals surface area contributed by atoms with Gasteiger partial charge in [-0.25, -0.2) is 0 Å². The summed E-state index contributed by atoms with van der Waals surface area (Å²) in [7, 11) is 0. The minimum absolute atomic E-state index is 0.205. The maximum absolute atomic E-state index is 10.8. The number of rotatable bonds is 6. The molecule has 0 spiro atoms. The Bertz CT molecular complexity index is 194. The lowest BCUT2D eigenvalue weighted by Gasteiger charge is -2.06. The molecule has 0 aromatic heterocycles. The molecule has 3 nitrogen and oxygen atoms in total. The fourth-order valence-electron chi connectivity index (χ4n) is 1.25. The third kappa shape index (κ3) is 4.08. The first-order chi connectivity index (χ1) is 6.24. The molecule has 1 heterocycles. The molecule has 3 heteroatoms. The molecule has 1 rings (SSSR count). The van der Waals surface area contributed by atoms with Gasteiger partial charge in [0.2, 0.25) is 0 Å². The first-order valence-electron chi connectivity index (χ1n) is 4.73. The van der Waals surface area contributed by atoms with Crippen LogP contribution in [0.2, 0.25) is 0 Å². The maximum Gasteiger partial charge on any atom is 0.306 e. The van der Waals surface area contributed by atoms with Gasteiger partial charge in [0.05, 0.1) is 18.6 Å². The van der Waals surface area contributed by atoms with Gasteiger partial charge >= 0.3 is 5.97 Å². The van der Waals surface area contributed by atoms with Gasteiger partial charge in [-0.3, -0.25) is 4.79 Å². The summed E-state index contributed by atoms with van der Waals surface area (Å²) in [5.74, 6) is -0.980. The molecule has 0 bridgehead atoms. The van der Waals surface area contributed by atoms with E-state index in [1.54, 1.807) is 0 Å². The van der Waals surface area contributed by atoms with Crippen LogP contribution in [0.4, 0.5) is 0 Å². The zero-order valence-electron chi connectivity index (χ0n) is 7.90. The highest BCUT2D eigenvalue weighted by atomic mass is 16.6. The molecule has 13 heavy (non-hydrogen) atoms. The third-order valence-corrected chi connectivity index (χ3v) is 2.12. The van der Waals surface area contributed by atoms with Gasteiger partial charge in [-0.05, 0) is 19.3 Å². The van der Waals surface area contributed by atoms with Gasteiger partial charge < -0.3 is 9.84 Å². The Morgan fingerprint density at radius 3 is 2.85 bits per heavy atom. The normalized spacial score (nSPS) is 23.3. The standard InChI is InChI=1S/C10H16O3/c1-2-3-4-5-8(10(11)12)6-9-7-13-9/h3-4,8-9H,2,5-7H2,1H3,(H,11,12)/b4-3+. The summed E-state index contributed by atoms with van der Waals surface area (Å²) in [5, 5.41) is 8.86.